The summed E-state index contributed by atoms with van der Waals surface area (Å²) in [6.07, 6.45) is 0.147. The molecule has 0 aromatic heterocycles. The summed E-state index contributed by atoms with van der Waals surface area (Å²) in [5.41, 5.74) is 9.28. The Bertz CT molecular complexity index is 674. The average Bonchev–Trinajstić information content (AvgIpc) is 3.19. The van der Waals surface area contributed by atoms with Crippen molar-refractivity contribution in [3.05, 3.63) is 53.6 Å². The average molecular weight is 238 g/mol. The van der Waals surface area contributed by atoms with Gasteiger partial charge in [0.1, 0.15) is 6.10 Å². The molecule has 0 spiro atoms. The fraction of sp³-hybridized carbons (Fsp3) is 0.143. The van der Waals surface area contributed by atoms with Crippen LogP contribution in [-0.2, 0) is 9.53 Å². The van der Waals surface area contributed by atoms with E-state index in [0.29, 0.717) is 0 Å². The van der Waals surface area contributed by atoms with E-state index in [0.717, 1.165) is 22.6 Å². The van der Waals surface area contributed by atoms with Gasteiger partial charge in [-0.2, -0.15) is 4.79 Å². The van der Waals surface area contributed by atoms with Gasteiger partial charge in [0.2, 0.25) is 0 Å². The highest BCUT2D eigenvalue weighted by atomic mass is 16.6. The fourth-order valence-electron chi connectivity index (χ4n) is 2.10. The molecular formula is C14H10N2O2. The Balaban J connectivity index is 1.88. The van der Waals surface area contributed by atoms with Crippen molar-refractivity contribution in [2.45, 2.75) is 12.2 Å². The molecule has 0 amide bonds. The number of ether oxygens (including phenoxy) is 1. The van der Waals surface area contributed by atoms with Gasteiger partial charge in [0.25, 0.3) is 5.78 Å². The summed E-state index contributed by atoms with van der Waals surface area (Å²) in [5, 5.41) is 2.27. The second-order valence-corrected chi connectivity index (χ2v) is 4.23. The van der Waals surface area contributed by atoms with Gasteiger partial charge in [-0.3, -0.25) is 4.79 Å². The van der Waals surface area contributed by atoms with Gasteiger partial charge >= 0.3 is 6.21 Å². The van der Waals surface area contributed by atoms with Crippen LogP contribution < -0.4 is 0 Å². The number of hydrogen-bond donors (Lipinski definition) is 0. The second kappa shape index (κ2) is 4.18. The molecule has 4 nitrogen and oxygen atoms in total. The number of fused-ring (bicyclic) bond motifs is 1. The third-order valence-electron chi connectivity index (χ3n) is 3.06. The lowest BCUT2D eigenvalue weighted by atomic mass is 10.0. The van der Waals surface area contributed by atoms with Crippen LogP contribution in [0.1, 0.15) is 11.7 Å². The Morgan fingerprint density at radius 1 is 1.22 bits per heavy atom. The van der Waals surface area contributed by atoms with Crippen molar-refractivity contribution >= 4 is 22.8 Å². The number of benzene rings is 2. The van der Waals surface area contributed by atoms with Crippen LogP contribution in [0.25, 0.3) is 16.3 Å². The van der Waals surface area contributed by atoms with Crippen LogP contribution in [0, 0.1) is 0 Å². The maximum Gasteiger partial charge on any atom is 0.326 e. The van der Waals surface area contributed by atoms with Gasteiger partial charge in [0.15, 0.2) is 6.10 Å². The lowest BCUT2D eigenvalue weighted by Gasteiger charge is -2.00. The van der Waals surface area contributed by atoms with Crippen LogP contribution in [0.3, 0.4) is 0 Å². The van der Waals surface area contributed by atoms with Crippen molar-refractivity contribution in [3.63, 3.8) is 0 Å². The van der Waals surface area contributed by atoms with E-state index in [2.05, 4.69) is 4.79 Å². The first-order chi connectivity index (χ1) is 8.79. The van der Waals surface area contributed by atoms with Crippen molar-refractivity contribution in [3.8, 4) is 0 Å². The molecule has 2 aromatic rings. The van der Waals surface area contributed by atoms with E-state index in [-0.39, 0.29) is 11.9 Å². The number of carbonyl (C=O) groups is 1. The molecule has 1 aliphatic rings. The smallest absolute Gasteiger partial charge is 0.326 e. The molecular weight excluding hydrogens is 228 g/mol. The van der Waals surface area contributed by atoms with Crippen LogP contribution in [0.15, 0.2) is 42.5 Å². The van der Waals surface area contributed by atoms with Gasteiger partial charge < -0.3 is 10.3 Å². The minimum atomic E-state index is -0.512. The lowest BCUT2D eigenvalue weighted by Crippen LogP contribution is -2.09. The topological polar surface area (TPSA) is 66.0 Å². The Morgan fingerprint density at radius 2 is 2.00 bits per heavy atom. The minimum Gasteiger partial charge on any atom is -0.361 e. The highest BCUT2D eigenvalue weighted by Gasteiger charge is 2.46. The number of rotatable bonds is 3. The first kappa shape index (κ1) is 10.8. The van der Waals surface area contributed by atoms with Gasteiger partial charge in [-0.15, -0.1) is 0 Å². The molecule has 0 bridgehead atoms. The molecule has 0 N–H and O–H groups in total. The molecule has 2 aromatic carbocycles. The second-order valence-electron chi connectivity index (χ2n) is 4.23. The largest absolute Gasteiger partial charge is 0.361 e. The van der Waals surface area contributed by atoms with E-state index in [1.807, 2.05) is 42.5 Å². The first-order valence-electron chi connectivity index (χ1n) is 5.65. The number of Topliss-reactive ketones (excluding diaryl/α,β-unsaturated/α-hetero) is 1. The summed E-state index contributed by atoms with van der Waals surface area (Å²) < 4.78 is 5.31. The number of nitrogens with zero attached hydrogens (tertiary/aromatic N) is 2. The van der Waals surface area contributed by atoms with Gasteiger partial charge in [-0.25, -0.2) is 0 Å². The van der Waals surface area contributed by atoms with E-state index in [1.54, 1.807) is 0 Å². The summed E-state index contributed by atoms with van der Waals surface area (Å²) >= 11 is 0. The molecule has 1 fully saturated rings. The fourth-order valence-corrected chi connectivity index (χ4v) is 2.10. The van der Waals surface area contributed by atoms with E-state index >= 15 is 0 Å². The zero-order valence-corrected chi connectivity index (χ0v) is 9.48. The molecule has 88 valence electrons. The Labute approximate surface area is 103 Å². The number of hydrogen-bond acceptors (Lipinski definition) is 2. The van der Waals surface area contributed by atoms with Crippen LogP contribution in [0.2, 0.25) is 0 Å². The summed E-state index contributed by atoms with van der Waals surface area (Å²) in [4.78, 5) is 14.1. The van der Waals surface area contributed by atoms with E-state index in [9.17, 15) is 4.79 Å². The monoisotopic (exact) mass is 238 g/mol. The Kier molecular flexibility index (Phi) is 2.52. The molecule has 0 radical (unpaired) electrons. The quantitative estimate of drug-likeness (QED) is 0.356. The van der Waals surface area contributed by atoms with Crippen LogP contribution in [0.4, 0.5) is 0 Å². The van der Waals surface area contributed by atoms with Gasteiger partial charge in [0, 0.05) is 0 Å². The van der Waals surface area contributed by atoms with Gasteiger partial charge in [-0.1, -0.05) is 36.4 Å². The van der Waals surface area contributed by atoms with Crippen LogP contribution in [0.5, 0.6) is 0 Å². The minimum absolute atomic E-state index is 0.222. The summed E-state index contributed by atoms with van der Waals surface area (Å²) in [6.45, 7) is 0. The molecule has 2 atom stereocenters. The van der Waals surface area contributed by atoms with Crippen molar-refractivity contribution in [2.24, 2.45) is 0 Å². The number of epoxide rings is 1. The first-order valence-corrected chi connectivity index (χ1v) is 5.65. The summed E-state index contributed by atoms with van der Waals surface area (Å²) in [6, 6.07) is 14.0. The standard InChI is InChI=1S/C14H10N2O2/c15-16-8-12(17)14-13(18-14)11-6-5-9-3-1-2-4-10(9)7-11/h1-8,13-14H/t13-,14+/m0/s1. The predicted octanol–water partition coefficient (Wildman–Crippen LogP) is 2.15. The lowest BCUT2D eigenvalue weighted by molar-refractivity contribution is -0.117. The molecule has 1 aliphatic heterocycles. The molecule has 1 heterocycles. The van der Waals surface area contributed by atoms with Gasteiger partial charge in [-0.05, 0) is 22.4 Å². The van der Waals surface area contributed by atoms with Crippen LogP contribution in [-0.4, -0.2) is 22.9 Å². The van der Waals surface area contributed by atoms with Crippen molar-refractivity contribution in [1.29, 1.82) is 0 Å². The SMILES string of the molecule is [N-]=[N+]=CC(=O)[C@H]1O[C@H]1c1ccc2ccccc2c1. The molecule has 3 rings (SSSR count). The molecule has 0 aliphatic carbocycles. The maximum absolute atomic E-state index is 11.4. The summed E-state index contributed by atoms with van der Waals surface area (Å²) in [5.74, 6) is -0.310. The third-order valence-corrected chi connectivity index (χ3v) is 3.06. The number of ketones is 1. The predicted molar refractivity (Wildman–Crippen MR) is 66.3 cm³/mol. The summed E-state index contributed by atoms with van der Waals surface area (Å²) in [7, 11) is 0. The molecule has 4 heteroatoms. The molecule has 0 saturated carbocycles. The third kappa shape index (κ3) is 1.84. The van der Waals surface area contributed by atoms with Crippen molar-refractivity contribution in [1.82, 2.24) is 0 Å². The van der Waals surface area contributed by atoms with E-state index in [1.165, 1.54) is 0 Å². The van der Waals surface area contributed by atoms with Gasteiger partial charge in [0.05, 0.1) is 0 Å². The Morgan fingerprint density at radius 3 is 2.78 bits per heavy atom. The van der Waals surface area contributed by atoms with E-state index in [4.69, 9.17) is 10.3 Å². The van der Waals surface area contributed by atoms with Crippen molar-refractivity contribution in [2.75, 3.05) is 0 Å². The maximum atomic E-state index is 11.4. The van der Waals surface area contributed by atoms with Crippen molar-refractivity contribution < 1.29 is 14.3 Å². The zero-order valence-electron chi connectivity index (χ0n) is 9.48. The zero-order chi connectivity index (χ0) is 12.5. The highest BCUT2D eigenvalue weighted by Crippen LogP contribution is 2.39. The highest BCUT2D eigenvalue weighted by molar-refractivity contribution is 6.28. The molecule has 1 saturated heterocycles. The molecule has 0 unspecified atom stereocenters. The number of carbonyl (C=O) groups excluding carboxylic acids is 1. The Hall–Kier alpha value is -2.29. The normalized spacial score (nSPS) is 21.3. The van der Waals surface area contributed by atoms with E-state index < -0.39 is 6.10 Å². The van der Waals surface area contributed by atoms with Crippen LogP contribution >= 0.6 is 0 Å². The molecule has 18 heavy (non-hydrogen) atoms.